The molecule has 6 heteroatoms. The average Bonchev–Trinajstić information content (AvgIpc) is 2.67. The minimum atomic E-state index is -0.370. The summed E-state index contributed by atoms with van der Waals surface area (Å²) in [7, 11) is 0. The van der Waals surface area contributed by atoms with Crippen LogP contribution in [0.2, 0.25) is 0 Å². The Morgan fingerprint density at radius 3 is 2.67 bits per heavy atom. The molecule has 2 N–H and O–H groups in total. The second kappa shape index (κ2) is 5.95. The van der Waals surface area contributed by atoms with Gasteiger partial charge in [-0.15, -0.1) is 0 Å². The van der Waals surface area contributed by atoms with Crippen molar-refractivity contribution in [2.24, 2.45) is 0 Å². The van der Waals surface area contributed by atoms with Gasteiger partial charge in [-0.2, -0.15) is 5.10 Å². The maximum absolute atomic E-state index is 12.1. The highest BCUT2D eigenvalue weighted by molar-refractivity contribution is 5.93. The first kappa shape index (κ1) is 15.0. The molecule has 0 bridgehead atoms. The number of H-pyrrole nitrogens is 1. The zero-order chi connectivity index (χ0) is 15.6. The molecule has 0 aliphatic heterocycles. The number of rotatable bonds is 4. The van der Waals surface area contributed by atoms with Crippen LogP contribution in [0.3, 0.4) is 0 Å². The second-order valence-corrected chi connectivity index (χ2v) is 5.37. The fourth-order valence-electron chi connectivity index (χ4n) is 2.22. The Morgan fingerprint density at radius 2 is 2.10 bits per heavy atom. The number of amides is 1. The van der Waals surface area contributed by atoms with Gasteiger partial charge in [0, 0.05) is 17.4 Å². The fraction of sp³-hybridized carbons (Fsp3) is 0.400. The molecule has 0 aliphatic carbocycles. The summed E-state index contributed by atoms with van der Waals surface area (Å²) >= 11 is 0. The predicted octanol–water partition coefficient (Wildman–Crippen LogP) is 1.32. The van der Waals surface area contributed by atoms with Crippen molar-refractivity contribution in [3.63, 3.8) is 0 Å². The fourth-order valence-corrected chi connectivity index (χ4v) is 2.22. The van der Waals surface area contributed by atoms with Crippen molar-refractivity contribution in [1.82, 2.24) is 20.1 Å². The topological polar surface area (TPSA) is 79.8 Å². The molecule has 0 fully saturated rings. The van der Waals surface area contributed by atoms with E-state index in [1.807, 2.05) is 31.5 Å². The van der Waals surface area contributed by atoms with E-state index in [9.17, 15) is 9.59 Å². The molecular weight excluding hydrogens is 268 g/mol. The molecule has 0 unspecified atom stereocenters. The van der Waals surface area contributed by atoms with Crippen LogP contribution < -0.4 is 10.9 Å². The maximum Gasteiger partial charge on any atom is 0.260 e. The Kier molecular flexibility index (Phi) is 4.26. The van der Waals surface area contributed by atoms with Crippen molar-refractivity contribution in [2.45, 2.75) is 40.3 Å². The Morgan fingerprint density at radius 1 is 1.38 bits per heavy atom. The van der Waals surface area contributed by atoms with Crippen LogP contribution in [0.5, 0.6) is 0 Å². The Labute approximate surface area is 123 Å². The summed E-state index contributed by atoms with van der Waals surface area (Å²) in [6.07, 6.45) is 0. The van der Waals surface area contributed by atoms with Crippen LogP contribution in [-0.2, 0) is 6.54 Å². The number of pyridine rings is 1. The molecule has 112 valence electrons. The molecule has 2 rings (SSSR count). The summed E-state index contributed by atoms with van der Waals surface area (Å²) in [6.45, 7) is 8.12. The van der Waals surface area contributed by atoms with Gasteiger partial charge in [-0.25, -0.2) is 0 Å². The molecule has 0 aliphatic rings. The Balaban J connectivity index is 2.05. The lowest BCUT2D eigenvalue weighted by Crippen LogP contribution is -2.38. The third-order valence-electron chi connectivity index (χ3n) is 3.23. The number of aromatic amines is 1. The van der Waals surface area contributed by atoms with Crippen molar-refractivity contribution < 1.29 is 4.79 Å². The monoisotopic (exact) mass is 288 g/mol. The zero-order valence-corrected chi connectivity index (χ0v) is 12.7. The van der Waals surface area contributed by atoms with Crippen LogP contribution in [0.15, 0.2) is 23.0 Å². The molecule has 2 aromatic rings. The van der Waals surface area contributed by atoms with E-state index in [-0.39, 0.29) is 23.1 Å². The van der Waals surface area contributed by atoms with E-state index in [1.165, 1.54) is 0 Å². The second-order valence-electron chi connectivity index (χ2n) is 5.37. The van der Waals surface area contributed by atoms with E-state index in [4.69, 9.17) is 0 Å². The molecule has 6 nitrogen and oxygen atoms in total. The van der Waals surface area contributed by atoms with Crippen molar-refractivity contribution in [3.8, 4) is 0 Å². The molecule has 0 spiro atoms. The predicted molar refractivity (Wildman–Crippen MR) is 80.4 cm³/mol. The van der Waals surface area contributed by atoms with E-state index < -0.39 is 0 Å². The first-order valence-corrected chi connectivity index (χ1v) is 6.88. The van der Waals surface area contributed by atoms with Crippen LogP contribution in [0.4, 0.5) is 0 Å². The molecule has 0 saturated carbocycles. The van der Waals surface area contributed by atoms with Crippen LogP contribution in [0, 0.1) is 20.8 Å². The standard InChI is InChI=1S/C15H20N4O2/c1-9-5-6-13(14(20)16-9)15(21)17-11(3)8-19-12(4)7-10(2)18-19/h5-7,11H,8H2,1-4H3,(H,16,20)(H,17,21)/t11-/m1/s1. The van der Waals surface area contributed by atoms with E-state index >= 15 is 0 Å². The molecule has 1 amide bonds. The highest BCUT2D eigenvalue weighted by Gasteiger charge is 2.14. The SMILES string of the molecule is Cc1cc(C)n(C[C@@H](C)NC(=O)c2ccc(C)[nH]c2=O)n1. The number of carbonyl (C=O) groups is 1. The lowest BCUT2D eigenvalue weighted by Gasteiger charge is -2.15. The van der Waals surface area contributed by atoms with Crippen LogP contribution in [-0.4, -0.2) is 26.7 Å². The largest absolute Gasteiger partial charge is 0.348 e. The number of hydrogen-bond donors (Lipinski definition) is 2. The summed E-state index contributed by atoms with van der Waals surface area (Å²) in [5, 5.41) is 7.18. The van der Waals surface area contributed by atoms with Gasteiger partial charge in [0.2, 0.25) is 0 Å². The summed E-state index contributed by atoms with van der Waals surface area (Å²) in [5.74, 6) is -0.370. The highest BCUT2D eigenvalue weighted by atomic mass is 16.2. The van der Waals surface area contributed by atoms with Gasteiger partial charge in [-0.05, 0) is 45.9 Å². The minimum Gasteiger partial charge on any atom is -0.348 e. The quantitative estimate of drug-likeness (QED) is 0.890. The van der Waals surface area contributed by atoms with Gasteiger partial charge in [0.15, 0.2) is 0 Å². The van der Waals surface area contributed by atoms with Crippen molar-refractivity contribution in [3.05, 3.63) is 51.2 Å². The summed E-state index contributed by atoms with van der Waals surface area (Å²) in [6, 6.07) is 5.11. The number of hydrogen-bond acceptors (Lipinski definition) is 3. The number of nitrogens with one attached hydrogen (secondary N) is 2. The molecule has 1 atom stereocenters. The highest BCUT2D eigenvalue weighted by Crippen LogP contribution is 2.03. The maximum atomic E-state index is 12.1. The summed E-state index contributed by atoms with van der Waals surface area (Å²) < 4.78 is 1.85. The number of nitrogens with zero attached hydrogens (tertiary/aromatic N) is 2. The van der Waals surface area contributed by atoms with E-state index in [1.54, 1.807) is 19.1 Å². The molecule has 21 heavy (non-hydrogen) atoms. The smallest absolute Gasteiger partial charge is 0.260 e. The lowest BCUT2D eigenvalue weighted by molar-refractivity contribution is 0.0934. The lowest BCUT2D eigenvalue weighted by atomic mass is 10.2. The molecule has 2 heterocycles. The Hall–Kier alpha value is -2.37. The first-order chi connectivity index (χ1) is 9.86. The number of aryl methyl sites for hydroxylation is 3. The Bertz CT molecular complexity index is 715. The van der Waals surface area contributed by atoms with Gasteiger partial charge in [0.25, 0.3) is 11.5 Å². The molecule has 0 saturated heterocycles. The third-order valence-corrected chi connectivity index (χ3v) is 3.23. The summed E-state index contributed by atoms with van der Waals surface area (Å²) in [4.78, 5) is 26.5. The third kappa shape index (κ3) is 3.59. The number of aromatic nitrogens is 3. The first-order valence-electron chi connectivity index (χ1n) is 6.88. The molecule has 0 aromatic carbocycles. The van der Waals surface area contributed by atoms with Crippen LogP contribution >= 0.6 is 0 Å². The number of carbonyl (C=O) groups excluding carboxylic acids is 1. The average molecular weight is 288 g/mol. The van der Waals surface area contributed by atoms with Gasteiger partial charge in [0.1, 0.15) is 5.56 Å². The van der Waals surface area contributed by atoms with Gasteiger partial charge in [-0.3, -0.25) is 14.3 Å². The van der Waals surface area contributed by atoms with Crippen molar-refractivity contribution in [2.75, 3.05) is 0 Å². The van der Waals surface area contributed by atoms with Crippen LogP contribution in [0.1, 0.15) is 34.4 Å². The normalized spacial score (nSPS) is 12.2. The van der Waals surface area contributed by atoms with Gasteiger partial charge in [0.05, 0.1) is 12.2 Å². The van der Waals surface area contributed by atoms with E-state index in [0.29, 0.717) is 6.54 Å². The zero-order valence-electron chi connectivity index (χ0n) is 12.7. The minimum absolute atomic E-state index is 0.126. The molecular formula is C15H20N4O2. The molecule has 2 aromatic heterocycles. The van der Waals surface area contributed by atoms with Crippen molar-refractivity contribution in [1.29, 1.82) is 0 Å². The van der Waals surface area contributed by atoms with Crippen molar-refractivity contribution >= 4 is 5.91 Å². The van der Waals surface area contributed by atoms with Gasteiger partial charge < -0.3 is 10.3 Å². The van der Waals surface area contributed by atoms with E-state index in [2.05, 4.69) is 15.4 Å². The van der Waals surface area contributed by atoms with E-state index in [0.717, 1.165) is 17.1 Å². The van der Waals surface area contributed by atoms with Gasteiger partial charge in [-0.1, -0.05) is 0 Å². The van der Waals surface area contributed by atoms with Gasteiger partial charge >= 0.3 is 0 Å². The molecule has 0 radical (unpaired) electrons. The summed E-state index contributed by atoms with van der Waals surface area (Å²) in [5.41, 5.74) is 2.47. The van der Waals surface area contributed by atoms with Crippen LogP contribution in [0.25, 0.3) is 0 Å².